The van der Waals surface area contributed by atoms with Crippen molar-refractivity contribution in [2.75, 3.05) is 39.5 Å². The van der Waals surface area contributed by atoms with Crippen molar-refractivity contribution in [2.45, 2.75) is 11.8 Å². The minimum atomic E-state index is -0.675. The minimum Gasteiger partial charge on any atom is -0.350 e. The predicted molar refractivity (Wildman–Crippen MR) is 88.6 cm³/mol. The molecule has 1 aromatic rings. The molecule has 132 valence electrons. The Morgan fingerprint density at radius 3 is 2.83 bits per heavy atom. The van der Waals surface area contributed by atoms with Gasteiger partial charge in [-0.3, -0.25) is 9.59 Å². The maximum absolute atomic E-state index is 14.0. The van der Waals surface area contributed by atoms with Crippen LogP contribution in [0.3, 0.4) is 0 Å². The molecule has 2 N–H and O–H groups in total. The lowest BCUT2D eigenvalue weighted by Gasteiger charge is -2.24. The second kappa shape index (κ2) is 8.43. The van der Waals surface area contributed by atoms with E-state index in [1.54, 1.807) is 0 Å². The molecule has 0 aliphatic carbocycles. The molecule has 0 radical (unpaired) electrons. The number of nitrogens with one attached hydrogen (secondary N) is 2. The third-order valence-electron chi connectivity index (χ3n) is 3.72. The van der Waals surface area contributed by atoms with Gasteiger partial charge in [-0.15, -0.1) is 11.8 Å². The maximum atomic E-state index is 14.0. The third-order valence-corrected chi connectivity index (χ3v) is 4.96. The quantitative estimate of drug-likeness (QED) is 0.732. The molecule has 24 heavy (non-hydrogen) atoms. The van der Waals surface area contributed by atoms with Crippen molar-refractivity contribution in [1.29, 1.82) is 0 Å². The van der Waals surface area contributed by atoms with Crippen LogP contribution in [0, 0.1) is 11.6 Å². The van der Waals surface area contributed by atoms with Crippen LogP contribution in [0.25, 0.3) is 0 Å². The molecule has 1 aromatic carbocycles. The molecule has 0 aromatic heterocycles. The molecule has 5 nitrogen and oxygen atoms in total. The van der Waals surface area contributed by atoms with Gasteiger partial charge in [0.05, 0.1) is 32.9 Å². The fourth-order valence-corrected chi connectivity index (χ4v) is 3.66. The summed E-state index contributed by atoms with van der Waals surface area (Å²) in [7, 11) is 3.99. The highest BCUT2D eigenvalue weighted by Gasteiger charge is 2.34. The number of hydrogen-bond donors (Lipinski definition) is 2. The van der Waals surface area contributed by atoms with Gasteiger partial charge < -0.3 is 15.1 Å². The number of rotatable bonds is 7. The van der Waals surface area contributed by atoms with E-state index in [9.17, 15) is 18.4 Å². The van der Waals surface area contributed by atoms with Crippen LogP contribution in [0.5, 0.6) is 0 Å². The molecule has 1 heterocycles. The summed E-state index contributed by atoms with van der Waals surface area (Å²) in [6.07, 6.45) is 0.161. The van der Waals surface area contributed by atoms with Crippen LogP contribution < -0.4 is 10.2 Å². The summed E-state index contributed by atoms with van der Waals surface area (Å²) in [5.74, 6) is -1.38. The number of benzene rings is 1. The third kappa shape index (κ3) is 4.91. The molecule has 1 aliphatic rings. The summed E-state index contributed by atoms with van der Waals surface area (Å²) in [6, 6.07) is 3.34. The first-order valence-corrected chi connectivity index (χ1v) is 8.85. The van der Waals surface area contributed by atoms with Crippen LogP contribution in [0.15, 0.2) is 18.2 Å². The number of thioether (sulfide) groups is 1. The normalized spacial score (nSPS) is 17.6. The molecule has 2 rings (SSSR count). The van der Waals surface area contributed by atoms with Gasteiger partial charge in [0, 0.05) is 24.6 Å². The van der Waals surface area contributed by atoms with Crippen LogP contribution in [-0.4, -0.2) is 56.2 Å². The molecule has 2 amide bonds. The van der Waals surface area contributed by atoms with Crippen LogP contribution in [0.1, 0.15) is 17.4 Å². The van der Waals surface area contributed by atoms with E-state index in [-0.39, 0.29) is 36.1 Å². The highest BCUT2D eigenvalue weighted by Crippen LogP contribution is 2.39. The van der Waals surface area contributed by atoms with Crippen molar-refractivity contribution < 1.29 is 23.3 Å². The Labute approximate surface area is 144 Å². The Balaban J connectivity index is 1.94. The standard InChI is InChI=1S/C16H21F2N3O2S/c1-20(2)8-6-19-14(22)5-7-21-15(23)10-24-16(21)12-4-3-11(17)9-13(12)18/h3-4,9,16H,5-8,10H2,1-2H3,(H,19,22)/p+1/t16-/m1/s1. The van der Waals surface area contributed by atoms with Crippen LogP contribution in [-0.2, 0) is 9.59 Å². The second-order valence-electron chi connectivity index (χ2n) is 5.97. The van der Waals surface area contributed by atoms with Gasteiger partial charge in [-0.2, -0.15) is 0 Å². The number of quaternary nitrogens is 1. The predicted octanol–water partition coefficient (Wildman–Crippen LogP) is 0.190. The maximum Gasteiger partial charge on any atom is 0.233 e. The lowest BCUT2D eigenvalue weighted by molar-refractivity contribution is -0.856. The first-order valence-electron chi connectivity index (χ1n) is 7.80. The molecular formula is C16H22F2N3O2S+. The van der Waals surface area contributed by atoms with E-state index in [1.807, 2.05) is 14.1 Å². The van der Waals surface area contributed by atoms with Crippen LogP contribution in [0.4, 0.5) is 8.78 Å². The van der Waals surface area contributed by atoms with Crippen molar-refractivity contribution >= 4 is 23.6 Å². The van der Waals surface area contributed by atoms with E-state index in [2.05, 4.69) is 5.32 Å². The molecular weight excluding hydrogens is 336 g/mol. The van der Waals surface area contributed by atoms with Crippen molar-refractivity contribution in [2.24, 2.45) is 0 Å². The first-order chi connectivity index (χ1) is 11.4. The van der Waals surface area contributed by atoms with Gasteiger partial charge >= 0.3 is 0 Å². The SMILES string of the molecule is C[NH+](C)CCNC(=O)CCN1C(=O)CS[C@@H]1c1ccc(F)cc1F. The molecule has 1 atom stereocenters. The molecule has 1 aliphatic heterocycles. The number of hydrogen-bond acceptors (Lipinski definition) is 3. The van der Waals surface area contributed by atoms with Gasteiger partial charge in [-0.05, 0) is 6.07 Å². The largest absolute Gasteiger partial charge is 0.350 e. The highest BCUT2D eigenvalue weighted by atomic mass is 32.2. The summed E-state index contributed by atoms with van der Waals surface area (Å²) in [5.41, 5.74) is 0.267. The van der Waals surface area contributed by atoms with Gasteiger partial charge in [-0.1, -0.05) is 6.07 Å². The van der Waals surface area contributed by atoms with E-state index in [4.69, 9.17) is 0 Å². The summed E-state index contributed by atoms with van der Waals surface area (Å²) >= 11 is 1.28. The lowest BCUT2D eigenvalue weighted by atomic mass is 10.2. The van der Waals surface area contributed by atoms with Gasteiger partial charge in [0.25, 0.3) is 0 Å². The zero-order chi connectivity index (χ0) is 17.7. The minimum absolute atomic E-state index is 0.140. The second-order valence-corrected chi connectivity index (χ2v) is 7.04. The number of likely N-dealkylation sites (N-methyl/N-ethyl adjacent to an activating group) is 1. The lowest BCUT2D eigenvalue weighted by Crippen LogP contribution is -3.06. The van der Waals surface area contributed by atoms with Gasteiger partial charge in [0.1, 0.15) is 17.0 Å². The Morgan fingerprint density at radius 2 is 2.17 bits per heavy atom. The topological polar surface area (TPSA) is 53.9 Å². The van der Waals surface area contributed by atoms with E-state index in [0.717, 1.165) is 12.6 Å². The summed E-state index contributed by atoms with van der Waals surface area (Å²) < 4.78 is 27.0. The number of carbonyl (C=O) groups excluding carboxylic acids is 2. The fourth-order valence-electron chi connectivity index (χ4n) is 2.42. The van der Waals surface area contributed by atoms with Gasteiger partial charge in [0.15, 0.2) is 0 Å². The van der Waals surface area contributed by atoms with Crippen LogP contribution >= 0.6 is 11.8 Å². The number of nitrogens with zero attached hydrogens (tertiary/aromatic N) is 1. The molecule has 0 bridgehead atoms. The number of halogens is 2. The van der Waals surface area contributed by atoms with E-state index in [1.165, 1.54) is 33.7 Å². The Morgan fingerprint density at radius 1 is 1.42 bits per heavy atom. The summed E-state index contributed by atoms with van der Waals surface area (Å²) in [4.78, 5) is 26.6. The van der Waals surface area contributed by atoms with Crippen molar-refractivity contribution in [3.8, 4) is 0 Å². The van der Waals surface area contributed by atoms with Crippen molar-refractivity contribution in [1.82, 2.24) is 10.2 Å². The average molecular weight is 358 g/mol. The Kier molecular flexibility index (Phi) is 6.56. The molecule has 1 saturated heterocycles. The zero-order valence-electron chi connectivity index (χ0n) is 13.8. The zero-order valence-corrected chi connectivity index (χ0v) is 14.6. The fraction of sp³-hybridized carbons (Fsp3) is 0.500. The van der Waals surface area contributed by atoms with Crippen LogP contribution in [0.2, 0.25) is 0 Å². The number of amides is 2. The van der Waals surface area contributed by atoms with Gasteiger partial charge in [0.2, 0.25) is 11.8 Å². The Hall–Kier alpha value is -1.67. The molecule has 1 fully saturated rings. The highest BCUT2D eigenvalue weighted by molar-refractivity contribution is 8.00. The van der Waals surface area contributed by atoms with E-state index in [0.29, 0.717) is 6.54 Å². The summed E-state index contributed by atoms with van der Waals surface area (Å²) in [6.45, 7) is 1.60. The molecule has 0 unspecified atom stereocenters. The van der Waals surface area contributed by atoms with E-state index >= 15 is 0 Å². The molecule has 0 saturated carbocycles. The van der Waals surface area contributed by atoms with Crippen molar-refractivity contribution in [3.05, 3.63) is 35.4 Å². The monoisotopic (exact) mass is 358 g/mol. The Bertz CT molecular complexity index is 613. The first kappa shape index (κ1) is 18.7. The summed E-state index contributed by atoms with van der Waals surface area (Å²) in [5, 5.41) is 2.28. The molecule has 8 heteroatoms. The average Bonchev–Trinajstić information content (AvgIpc) is 2.85. The smallest absolute Gasteiger partial charge is 0.233 e. The van der Waals surface area contributed by atoms with Crippen molar-refractivity contribution in [3.63, 3.8) is 0 Å². The van der Waals surface area contributed by atoms with Gasteiger partial charge in [-0.25, -0.2) is 8.78 Å². The number of carbonyl (C=O) groups is 2. The van der Waals surface area contributed by atoms with E-state index < -0.39 is 17.0 Å². The molecule has 0 spiro atoms.